The zero-order valence-corrected chi connectivity index (χ0v) is 26.8. The molecular formula is C37H30O14. The average molecular weight is 699 g/mol. The predicted molar refractivity (Wildman–Crippen MR) is 173 cm³/mol. The second-order valence-electron chi connectivity index (χ2n) is 10.4. The summed E-state index contributed by atoms with van der Waals surface area (Å²) in [5, 5.41) is 8.44. The summed E-state index contributed by atoms with van der Waals surface area (Å²) < 4.78 is 29.6. The molecule has 0 spiro atoms. The molecule has 14 nitrogen and oxygen atoms in total. The van der Waals surface area contributed by atoms with Gasteiger partial charge in [-0.05, 0) is 60.7 Å². The van der Waals surface area contributed by atoms with Gasteiger partial charge in [-0.1, -0.05) is 43.5 Å². The minimum atomic E-state index is -0.752. The van der Waals surface area contributed by atoms with Crippen LogP contribution in [-0.2, 0) is 34.0 Å². The van der Waals surface area contributed by atoms with Crippen LogP contribution in [0, 0.1) is 0 Å². The lowest BCUT2D eigenvalue weighted by Crippen LogP contribution is -2.13. The van der Waals surface area contributed by atoms with Crippen molar-refractivity contribution in [3.8, 4) is 0 Å². The molecule has 7 rings (SSSR count). The maximum Gasteiger partial charge on any atom is 0.346 e. The number of hydrogen-bond acceptors (Lipinski definition) is 14. The van der Waals surface area contributed by atoms with E-state index >= 15 is 0 Å². The molecule has 2 aliphatic rings. The molecule has 0 atom stereocenters. The Bertz CT molecular complexity index is 1870. The third kappa shape index (κ3) is 11.2. The highest BCUT2D eigenvalue weighted by Crippen LogP contribution is 2.19. The lowest BCUT2D eigenvalue weighted by atomic mass is 10.1. The topological polar surface area (TPSA) is 207 Å². The lowest BCUT2D eigenvalue weighted by Gasteiger charge is -2.08. The monoisotopic (exact) mass is 698 g/mol. The molecule has 51 heavy (non-hydrogen) atoms. The number of rotatable bonds is 10. The molecule has 0 bridgehead atoms. The second-order valence-corrected chi connectivity index (χ2v) is 10.4. The Kier molecular flexibility index (Phi) is 13.7. The molecule has 262 valence electrons. The quantitative estimate of drug-likeness (QED) is 0.0773. The first kappa shape index (κ1) is 37.2. The highest BCUT2D eigenvalue weighted by Gasteiger charge is 2.28. The van der Waals surface area contributed by atoms with Crippen molar-refractivity contribution in [2.45, 2.75) is 39.1 Å². The predicted octanol–water partition coefficient (Wildman–Crippen LogP) is 5.96. The normalized spacial score (nSPS) is 11.9. The smallest absolute Gasteiger partial charge is 0.346 e. The second kappa shape index (κ2) is 18.8. The molecule has 1 fully saturated rings. The Morgan fingerprint density at radius 2 is 0.941 bits per heavy atom. The molecule has 0 unspecified atom stereocenters. The molecule has 1 aliphatic carbocycles. The van der Waals surface area contributed by atoms with E-state index in [1.54, 1.807) is 42.5 Å². The van der Waals surface area contributed by atoms with Crippen LogP contribution in [0.1, 0.15) is 110 Å². The van der Waals surface area contributed by atoms with E-state index in [0.29, 0.717) is 47.3 Å². The maximum absolute atomic E-state index is 12.3. The van der Waals surface area contributed by atoms with E-state index in [0.717, 1.165) is 0 Å². The van der Waals surface area contributed by atoms with Crippen molar-refractivity contribution in [1.29, 1.82) is 0 Å². The van der Waals surface area contributed by atoms with Crippen LogP contribution in [0.4, 0.5) is 0 Å². The minimum absolute atomic E-state index is 0.0164. The number of benzene rings is 2. The van der Waals surface area contributed by atoms with Crippen molar-refractivity contribution >= 4 is 42.7 Å². The molecule has 0 saturated heterocycles. The fraction of sp³-hybridized carbons (Fsp3) is 0.162. The summed E-state index contributed by atoms with van der Waals surface area (Å²) in [6.45, 7) is -0.554. The summed E-state index contributed by atoms with van der Waals surface area (Å²) in [6, 6.07) is 21.5. The van der Waals surface area contributed by atoms with Gasteiger partial charge in [-0.15, -0.1) is 0 Å². The van der Waals surface area contributed by atoms with E-state index < -0.39 is 23.9 Å². The van der Waals surface area contributed by atoms with Gasteiger partial charge in [0.05, 0.1) is 22.3 Å². The average Bonchev–Trinajstić information content (AvgIpc) is 3.52. The number of hydrogen-bond donors (Lipinski definition) is 1. The summed E-state index contributed by atoms with van der Waals surface area (Å²) in [4.78, 5) is 77.5. The van der Waals surface area contributed by atoms with Gasteiger partial charge < -0.3 is 32.6 Å². The van der Waals surface area contributed by atoms with Crippen molar-refractivity contribution in [2.75, 3.05) is 0 Å². The SMILES string of the molecule is C1CC1.O=C1OC(=O)c2ccccc21.O=Cc1ccc(CO)o1.O=Cc1ccc(COC(=O)c2ccccc2C(=O)OCc2ccc(C=O)o2)o1. The fourth-order valence-electron chi connectivity index (χ4n) is 3.91. The van der Waals surface area contributed by atoms with E-state index in [2.05, 4.69) is 4.74 Å². The van der Waals surface area contributed by atoms with E-state index in [1.807, 2.05) is 0 Å². The summed E-state index contributed by atoms with van der Waals surface area (Å²) in [5.74, 6) is -1.13. The van der Waals surface area contributed by atoms with Crippen molar-refractivity contribution < 1.29 is 66.1 Å². The number of aliphatic hydroxyl groups is 1. The zero-order chi connectivity index (χ0) is 36.6. The molecule has 2 aromatic carbocycles. The largest absolute Gasteiger partial charge is 0.456 e. The van der Waals surface area contributed by atoms with Crippen molar-refractivity contribution in [2.24, 2.45) is 0 Å². The Labute approximate surface area is 289 Å². The molecule has 1 aliphatic heterocycles. The highest BCUT2D eigenvalue weighted by molar-refractivity contribution is 6.14. The van der Waals surface area contributed by atoms with Gasteiger partial charge in [0.1, 0.15) is 37.1 Å². The number of ether oxygens (including phenoxy) is 3. The van der Waals surface area contributed by atoms with Gasteiger partial charge in [-0.3, -0.25) is 14.4 Å². The van der Waals surface area contributed by atoms with Crippen molar-refractivity contribution in [3.63, 3.8) is 0 Å². The van der Waals surface area contributed by atoms with Crippen LogP contribution >= 0.6 is 0 Å². The Morgan fingerprint density at radius 3 is 1.27 bits per heavy atom. The first-order chi connectivity index (χ1) is 24.8. The van der Waals surface area contributed by atoms with E-state index in [1.165, 1.54) is 61.7 Å². The van der Waals surface area contributed by atoms with Crippen LogP contribution in [0.15, 0.2) is 98.2 Å². The van der Waals surface area contributed by atoms with Crippen molar-refractivity contribution in [1.82, 2.24) is 0 Å². The first-order valence-electron chi connectivity index (χ1n) is 15.3. The summed E-state index contributed by atoms with van der Waals surface area (Å²) in [7, 11) is 0. The third-order valence-corrected chi connectivity index (χ3v) is 6.52. The highest BCUT2D eigenvalue weighted by atomic mass is 16.6. The standard InChI is InChI=1S/C20H14O8.C8H4O3.C6H6O3.C3H6/c21-9-13-5-7-15(27-13)11-25-19(23)17-3-1-2-4-18(17)20(24)26-12-16-8-6-14(10-22)28-16;9-7-5-3-1-2-4-6(5)8(10)11-7;7-3-5-1-2-6(4-8)9-5;1-2-3-1/h1-10H,11-12H2;1-4H;1-3,8H,4H2;1-3H2. The molecule has 3 aromatic heterocycles. The molecule has 5 aromatic rings. The fourth-order valence-corrected chi connectivity index (χ4v) is 3.91. The molecular weight excluding hydrogens is 668 g/mol. The number of esters is 4. The summed E-state index contributed by atoms with van der Waals surface area (Å²) in [6.07, 6.45) is 6.17. The Hall–Kier alpha value is -6.67. The summed E-state index contributed by atoms with van der Waals surface area (Å²) in [5.41, 5.74) is 0.750. The number of furan rings is 3. The van der Waals surface area contributed by atoms with E-state index in [9.17, 15) is 33.6 Å². The number of carbonyl (C=O) groups is 7. The molecule has 14 heteroatoms. The number of carbonyl (C=O) groups excluding carboxylic acids is 7. The molecule has 0 amide bonds. The molecule has 1 saturated carbocycles. The van der Waals surface area contributed by atoms with Crippen LogP contribution < -0.4 is 0 Å². The van der Waals surface area contributed by atoms with E-state index in [-0.39, 0.29) is 48.2 Å². The van der Waals surface area contributed by atoms with E-state index in [4.69, 9.17) is 27.8 Å². The van der Waals surface area contributed by atoms with Gasteiger partial charge in [-0.25, -0.2) is 19.2 Å². The number of aldehydes is 3. The third-order valence-electron chi connectivity index (χ3n) is 6.52. The minimum Gasteiger partial charge on any atom is -0.456 e. The molecule has 0 radical (unpaired) electrons. The Morgan fingerprint density at radius 1 is 0.569 bits per heavy atom. The van der Waals surface area contributed by atoms with Crippen LogP contribution in [-0.4, -0.2) is 47.8 Å². The number of fused-ring (bicyclic) bond motifs is 1. The number of aliphatic hydroxyl groups excluding tert-OH is 1. The van der Waals surface area contributed by atoms with Gasteiger partial charge in [0.2, 0.25) is 0 Å². The molecule has 1 N–H and O–H groups in total. The summed E-state index contributed by atoms with van der Waals surface area (Å²) >= 11 is 0. The Balaban J connectivity index is 0.000000203. The van der Waals surface area contributed by atoms with Crippen LogP contribution in [0.25, 0.3) is 0 Å². The van der Waals surface area contributed by atoms with Gasteiger partial charge in [0.25, 0.3) is 0 Å². The van der Waals surface area contributed by atoms with Gasteiger partial charge in [-0.2, -0.15) is 0 Å². The lowest BCUT2D eigenvalue weighted by molar-refractivity contribution is 0.0398. The number of cyclic esters (lactones) is 2. The zero-order valence-electron chi connectivity index (χ0n) is 26.8. The first-order valence-corrected chi connectivity index (χ1v) is 15.3. The van der Waals surface area contributed by atoms with Gasteiger partial charge >= 0.3 is 23.9 Å². The van der Waals surface area contributed by atoms with Gasteiger partial charge in [0.15, 0.2) is 36.1 Å². The van der Waals surface area contributed by atoms with Crippen LogP contribution in [0.5, 0.6) is 0 Å². The van der Waals surface area contributed by atoms with Gasteiger partial charge in [0, 0.05) is 0 Å². The molecule has 4 heterocycles. The van der Waals surface area contributed by atoms with Crippen LogP contribution in [0.2, 0.25) is 0 Å². The maximum atomic E-state index is 12.3. The van der Waals surface area contributed by atoms with Crippen molar-refractivity contribution in [3.05, 3.63) is 142 Å². The van der Waals surface area contributed by atoms with Crippen LogP contribution in [0.3, 0.4) is 0 Å².